The van der Waals surface area contributed by atoms with E-state index in [4.69, 9.17) is 0 Å². The molecule has 0 aliphatic heterocycles. The molecular weight excluding hydrogens is 354 g/mol. The largest absolute Gasteiger partial charge is 0.435 e. The zero-order chi connectivity index (χ0) is 19.8. The maximum absolute atomic E-state index is 12.2. The maximum Gasteiger partial charge on any atom is 0.387 e. The SMILES string of the molecule is CCC1CCC(/C=C/C#CC2CCC(c3ccc(OC(F)F)cc3)CC2)CC1. The van der Waals surface area contributed by atoms with Crippen molar-refractivity contribution in [1.82, 2.24) is 0 Å². The first-order valence-electron chi connectivity index (χ1n) is 10.9. The number of alkyl halides is 2. The van der Waals surface area contributed by atoms with Crippen LogP contribution in [0, 0.1) is 29.6 Å². The lowest BCUT2D eigenvalue weighted by Crippen LogP contribution is -2.12. The molecule has 0 spiro atoms. The first kappa shape index (κ1) is 20.9. The van der Waals surface area contributed by atoms with Gasteiger partial charge in [-0.25, -0.2) is 0 Å². The molecule has 2 saturated carbocycles. The summed E-state index contributed by atoms with van der Waals surface area (Å²) >= 11 is 0. The Balaban J connectivity index is 1.41. The fourth-order valence-corrected chi connectivity index (χ4v) is 4.63. The average Bonchev–Trinajstić information content (AvgIpc) is 2.72. The highest BCUT2D eigenvalue weighted by Crippen LogP contribution is 2.36. The highest BCUT2D eigenvalue weighted by Gasteiger charge is 2.21. The van der Waals surface area contributed by atoms with E-state index in [0.29, 0.717) is 11.8 Å². The molecule has 1 aromatic carbocycles. The van der Waals surface area contributed by atoms with Crippen LogP contribution in [0.2, 0.25) is 0 Å². The van der Waals surface area contributed by atoms with Gasteiger partial charge in [0.25, 0.3) is 0 Å². The minimum Gasteiger partial charge on any atom is -0.435 e. The molecule has 3 rings (SSSR count). The quantitative estimate of drug-likeness (QED) is 0.481. The van der Waals surface area contributed by atoms with Gasteiger partial charge in [0.1, 0.15) is 5.75 Å². The van der Waals surface area contributed by atoms with E-state index in [1.807, 2.05) is 12.1 Å². The molecule has 0 saturated heterocycles. The molecule has 0 amide bonds. The van der Waals surface area contributed by atoms with E-state index in [9.17, 15) is 8.78 Å². The zero-order valence-corrected chi connectivity index (χ0v) is 16.9. The number of hydrogen-bond acceptors (Lipinski definition) is 1. The van der Waals surface area contributed by atoms with Crippen molar-refractivity contribution in [2.75, 3.05) is 0 Å². The van der Waals surface area contributed by atoms with E-state index in [1.165, 1.54) is 37.7 Å². The van der Waals surface area contributed by atoms with Crippen LogP contribution < -0.4 is 4.74 Å². The molecule has 3 heteroatoms. The molecule has 152 valence electrons. The summed E-state index contributed by atoms with van der Waals surface area (Å²) in [4.78, 5) is 0. The molecule has 0 bridgehead atoms. The predicted molar refractivity (Wildman–Crippen MR) is 110 cm³/mol. The average molecular weight is 387 g/mol. The normalized spacial score (nSPS) is 28.1. The van der Waals surface area contributed by atoms with Gasteiger partial charge in [0.05, 0.1) is 0 Å². The number of allylic oxidation sites excluding steroid dienone is 2. The van der Waals surface area contributed by atoms with Gasteiger partial charge in [-0.3, -0.25) is 0 Å². The fourth-order valence-electron chi connectivity index (χ4n) is 4.63. The summed E-state index contributed by atoms with van der Waals surface area (Å²) in [5, 5.41) is 0. The Hall–Kier alpha value is -1.82. The van der Waals surface area contributed by atoms with Gasteiger partial charge in [-0.1, -0.05) is 43.4 Å². The lowest BCUT2D eigenvalue weighted by molar-refractivity contribution is -0.0498. The molecule has 0 aromatic heterocycles. The van der Waals surface area contributed by atoms with Crippen molar-refractivity contribution >= 4 is 0 Å². The number of hydrogen-bond donors (Lipinski definition) is 0. The van der Waals surface area contributed by atoms with Crippen LogP contribution in [-0.4, -0.2) is 6.61 Å². The molecule has 2 fully saturated rings. The third-order valence-corrected chi connectivity index (χ3v) is 6.51. The lowest BCUT2D eigenvalue weighted by atomic mass is 9.79. The topological polar surface area (TPSA) is 9.23 Å². The Morgan fingerprint density at radius 2 is 1.68 bits per heavy atom. The summed E-state index contributed by atoms with van der Waals surface area (Å²) in [5.41, 5.74) is 1.22. The van der Waals surface area contributed by atoms with Crippen LogP contribution in [0.1, 0.15) is 76.2 Å². The number of ether oxygens (including phenoxy) is 1. The zero-order valence-electron chi connectivity index (χ0n) is 16.9. The van der Waals surface area contributed by atoms with Crippen LogP contribution in [0.15, 0.2) is 36.4 Å². The molecular formula is C25H32F2O. The van der Waals surface area contributed by atoms with Crippen molar-refractivity contribution in [1.29, 1.82) is 0 Å². The second kappa shape index (κ2) is 10.6. The first-order valence-corrected chi connectivity index (χ1v) is 10.9. The molecule has 2 aliphatic rings. The van der Waals surface area contributed by atoms with Crippen molar-refractivity contribution < 1.29 is 13.5 Å². The van der Waals surface area contributed by atoms with Crippen LogP contribution in [0.25, 0.3) is 0 Å². The van der Waals surface area contributed by atoms with Crippen LogP contribution in [0.5, 0.6) is 5.75 Å². The molecule has 0 unspecified atom stereocenters. The summed E-state index contributed by atoms with van der Waals surface area (Å²) in [6.45, 7) is -0.460. The van der Waals surface area contributed by atoms with Gasteiger partial charge in [-0.2, -0.15) is 8.78 Å². The maximum atomic E-state index is 12.2. The lowest BCUT2D eigenvalue weighted by Gasteiger charge is -2.26. The molecule has 2 aliphatic carbocycles. The van der Waals surface area contributed by atoms with E-state index in [0.717, 1.165) is 37.5 Å². The summed E-state index contributed by atoms with van der Waals surface area (Å²) in [5.74, 6) is 9.62. The fraction of sp³-hybridized carbons (Fsp3) is 0.600. The van der Waals surface area contributed by atoms with Gasteiger partial charge >= 0.3 is 6.61 Å². The van der Waals surface area contributed by atoms with Crippen molar-refractivity contribution in [2.45, 2.75) is 77.2 Å². The van der Waals surface area contributed by atoms with Gasteiger partial charge in [0.2, 0.25) is 0 Å². The minimum atomic E-state index is -2.76. The predicted octanol–water partition coefficient (Wildman–Crippen LogP) is 7.34. The third kappa shape index (κ3) is 6.36. The molecule has 0 atom stereocenters. The molecule has 1 nitrogen and oxygen atoms in total. The highest BCUT2D eigenvalue weighted by atomic mass is 19.3. The third-order valence-electron chi connectivity index (χ3n) is 6.51. The second-order valence-electron chi connectivity index (χ2n) is 8.33. The smallest absolute Gasteiger partial charge is 0.387 e. The first-order chi connectivity index (χ1) is 13.6. The number of halogens is 2. The Labute approximate surface area is 168 Å². The van der Waals surface area contributed by atoms with E-state index >= 15 is 0 Å². The van der Waals surface area contributed by atoms with Crippen LogP contribution in [-0.2, 0) is 0 Å². The minimum absolute atomic E-state index is 0.230. The van der Waals surface area contributed by atoms with Crippen molar-refractivity contribution in [3.8, 4) is 17.6 Å². The molecule has 0 heterocycles. The standard InChI is InChI=1S/C25H32F2O/c1-2-19-7-9-20(10-8-19)5-3-4-6-21-11-13-22(14-12-21)23-15-17-24(18-16-23)28-25(26)27/h3,5,15-22,25H,2,7-14H2,1H3/b5-3+. The van der Waals surface area contributed by atoms with Crippen molar-refractivity contribution in [3.05, 3.63) is 42.0 Å². The van der Waals surface area contributed by atoms with Crippen molar-refractivity contribution in [2.24, 2.45) is 17.8 Å². The van der Waals surface area contributed by atoms with E-state index in [1.54, 1.807) is 12.1 Å². The Morgan fingerprint density at radius 1 is 1.00 bits per heavy atom. The second-order valence-corrected chi connectivity index (χ2v) is 8.33. The van der Waals surface area contributed by atoms with Gasteiger partial charge in [0, 0.05) is 5.92 Å². The molecule has 1 aromatic rings. The highest BCUT2D eigenvalue weighted by molar-refractivity contribution is 5.30. The van der Waals surface area contributed by atoms with Crippen LogP contribution in [0.4, 0.5) is 8.78 Å². The monoisotopic (exact) mass is 386 g/mol. The Bertz CT molecular complexity index is 667. The van der Waals surface area contributed by atoms with E-state index in [-0.39, 0.29) is 5.75 Å². The number of rotatable bonds is 5. The number of benzene rings is 1. The molecule has 0 radical (unpaired) electrons. The summed E-state index contributed by atoms with van der Waals surface area (Å²) < 4.78 is 28.9. The Kier molecular flexibility index (Phi) is 7.95. The Morgan fingerprint density at radius 3 is 2.29 bits per heavy atom. The van der Waals surface area contributed by atoms with Gasteiger partial charge < -0.3 is 4.74 Å². The molecule has 0 N–H and O–H groups in total. The van der Waals surface area contributed by atoms with Gasteiger partial charge in [-0.15, -0.1) is 0 Å². The van der Waals surface area contributed by atoms with Gasteiger partial charge in [-0.05, 0) is 92.9 Å². The summed E-state index contributed by atoms with van der Waals surface area (Å²) in [6.07, 6.45) is 15.6. The summed E-state index contributed by atoms with van der Waals surface area (Å²) in [6, 6.07) is 7.13. The van der Waals surface area contributed by atoms with Gasteiger partial charge in [0.15, 0.2) is 0 Å². The van der Waals surface area contributed by atoms with Crippen molar-refractivity contribution in [3.63, 3.8) is 0 Å². The van der Waals surface area contributed by atoms with Crippen LogP contribution >= 0.6 is 0 Å². The summed E-state index contributed by atoms with van der Waals surface area (Å²) in [7, 11) is 0. The van der Waals surface area contributed by atoms with Crippen LogP contribution in [0.3, 0.4) is 0 Å². The van der Waals surface area contributed by atoms with E-state index in [2.05, 4.69) is 35.7 Å². The molecule has 28 heavy (non-hydrogen) atoms. The van der Waals surface area contributed by atoms with E-state index < -0.39 is 6.61 Å².